The predicted molar refractivity (Wildman–Crippen MR) is 97.5 cm³/mol. The molecule has 0 bridgehead atoms. The summed E-state index contributed by atoms with van der Waals surface area (Å²) in [5.41, 5.74) is 1.13. The number of hydrogen-bond acceptors (Lipinski definition) is 4. The summed E-state index contributed by atoms with van der Waals surface area (Å²) in [4.78, 5) is 8.92. The first-order valence-electron chi connectivity index (χ1n) is 6.73. The zero-order valence-corrected chi connectivity index (χ0v) is 15.4. The van der Waals surface area contributed by atoms with Crippen molar-refractivity contribution < 1.29 is 4.42 Å². The molecule has 0 saturated carbocycles. The van der Waals surface area contributed by atoms with Crippen LogP contribution in [0.5, 0.6) is 0 Å². The topological polar surface area (TPSA) is 62.5 Å². The van der Waals surface area contributed by atoms with Crippen molar-refractivity contribution in [2.24, 2.45) is 4.99 Å². The Morgan fingerprint density at radius 2 is 2.29 bits per heavy atom. The zero-order valence-electron chi connectivity index (χ0n) is 12.3. The smallest absolute Gasteiger partial charge is 0.191 e. The minimum Gasteiger partial charge on any atom is -0.467 e. The van der Waals surface area contributed by atoms with Crippen molar-refractivity contribution in [3.63, 3.8) is 0 Å². The fourth-order valence-corrected chi connectivity index (χ4v) is 2.38. The number of hydrogen-bond donors (Lipinski definition) is 2. The first kappa shape index (κ1) is 18.0. The highest BCUT2D eigenvalue weighted by molar-refractivity contribution is 14.0. The predicted octanol–water partition coefficient (Wildman–Crippen LogP) is 2.96. The lowest BCUT2D eigenvalue weighted by molar-refractivity contribution is 0.512. The molecular formula is C14H21IN4OS. The van der Waals surface area contributed by atoms with Crippen LogP contribution in [0.25, 0.3) is 0 Å². The van der Waals surface area contributed by atoms with Crippen molar-refractivity contribution in [2.75, 3.05) is 13.1 Å². The van der Waals surface area contributed by atoms with Crippen molar-refractivity contribution in [1.29, 1.82) is 0 Å². The Balaban J connectivity index is 0.00000220. The quantitative estimate of drug-likeness (QED) is 0.429. The third-order valence-electron chi connectivity index (χ3n) is 2.66. The Kier molecular flexibility index (Phi) is 8.36. The summed E-state index contributed by atoms with van der Waals surface area (Å²) in [5, 5.41) is 9.73. The van der Waals surface area contributed by atoms with Crippen molar-refractivity contribution >= 4 is 41.3 Å². The summed E-state index contributed by atoms with van der Waals surface area (Å²) in [6, 6.07) is 3.79. The Bertz CT molecular complexity index is 539. The molecule has 116 valence electrons. The molecule has 2 heterocycles. The van der Waals surface area contributed by atoms with E-state index < -0.39 is 0 Å². The molecule has 2 N–H and O–H groups in total. The fourth-order valence-electron chi connectivity index (χ4n) is 1.73. The highest BCUT2D eigenvalue weighted by atomic mass is 127. The second-order valence-corrected chi connectivity index (χ2v) is 5.37. The largest absolute Gasteiger partial charge is 0.467 e. The first-order chi connectivity index (χ1) is 9.78. The van der Waals surface area contributed by atoms with E-state index in [1.165, 1.54) is 0 Å². The highest BCUT2D eigenvalue weighted by Gasteiger charge is 2.01. The van der Waals surface area contributed by atoms with Gasteiger partial charge in [-0.2, -0.15) is 0 Å². The maximum atomic E-state index is 5.27. The minimum atomic E-state index is 0. The number of guanidine groups is 1. The molecule has 2 aromatic heterocycles. The minimum absolute atomic E-state index is 0. The normalized spacial score (nSPS) is 11.0. The Morgan fingerprint density at radius 3 is 2.90 bits per heavy atom. The highest BCUT2D eigenvalue weighted by Crippen LogP contribution is 2.07. The van der Waals surface area contributed by atoms with Gasteiger partial charge in [-0.05, 0) is 26.0 Å². The van der Waals surface area contributed by atoms with Gasteiger partial charge >= 0.3 is 0 Å². The summed E-state index contributed by atoms with van der Waals surface area (Å²) in [7, 11) is 0. The average molecular weight is 420 g/mol. The van der Waals surface area contributed by atoms with Crippen LogP contribution in [0, 0.1) is 6.92 Å². The van der Waals surface area contributed by atoms with E-state index in [9.17, 15) is 0 Å². The first-order valence-corrected chi connectivity index (χ1v) is 7.61. The van der Waals surface area contributed by atoms with Gasteiger partial charge < -0.3 is 15.1 Å². The van der Waals surface area contributed by atoms with Crippen LogP contribution >= 0.6 is 35.3 Å². The fraction of sp³-hybridized carbons (Fsp3) is 0.429. The second-order valence-electron chi connectivity index (χ2n) is 4.31. The number of halogens is 1. The molecule has 2 aromatic rings. The summed E-state index contributed by atoms with van der Waals surface area (Å²) in [6.07, 6.45) is 2.56. The molecular weight excluding hydrogens is 399 g/mol. The van der Waals surface area contributed by atoms with Gasteiger partial charge in [0.15, 0.2) is 5.96 Å². The van der Waals surface area contributed by atoms with Gasteiger partial charge in [-0.15, -0.1) is 35.3 Å². The second kappa shape index (κ2) is 9.78. The molecule has 2 rings (SSSR count). The van der Waals surface area contributed by atoms with E-state index in [1.807, 2.05) is 26.0 Å². The third kappa shape index (κ3) is 6.47. The monoisotopic (exact) mass is 420 g/mol. The molecule has 7 heteroatoms. The maximum Gasteiger partial charge on any atom is 0.191 e. The van der Waals surface area contributed by atoms with Crippen LogP contribution in [0.1, 0.15) is 23.4 Å². The summed E-state index contributed by atoms with van der Waals surface area (Å²) >= 11 is 1.68. The molecule has 0 aliphatic carbocycles. The standard InChI is InChI=1S/C14H20N4OS.HI/c1-3-15-14(17-9-13-5-4-8-19-13)16-7-6-12-10-20-11(2)18-12;/h4-5,8,10H,3,6-7,9H2,1-2H3,(H2,15,16,17);1H. The lowest BCUT2D eigenvalue weighted by atomic mass is 10.3. The van der Waals surface area contributed by atoms with E-state index >= 15 is 0 Å². The average Bonchev–Trinajstić information content (AvgIpc) is 3.08. The van der Waals surface area contributed by atoms with E-state index in [-0.39, 0.29) is 24.0 Å². The van der Waals surface area contributed by atoms with Gasteiger partial charge in [0.25, 0.3) is 0 Å². The van der Waals surface area contributed by atoms with Crippen LogP contribution in [-0.2, 0) is 13.0 Å². The summed E-state index contributed by atoms with van der Waals surface area (Å²) in [6.45, 7) is 6.26. The SMILES string of the molecule is CCNC(=NCc1ccco1)NCCc1csc(C)n1.I. The van der Waals surface area contributed by atoms with Gasteiger partial charge in [0.2, 0.25) is 0 Å². The zero-order chi connectivity index (χ0) is 14.2. The number of aryl methyl sites for hydroxylation is 1. The summed E-state index contributed by atoms with van der Waals surface area (Å²) < 4.78 is 5.27. The maximum absolute atomic E-state index is 5.27. The number of aromatic nitrogens is 1. The lowest BCUT2D eigenvalue weighted by Crippen LogP contribution is -2.38. The molecule has 0 fully saturated rings. The molecule has 0 saturated heterocycles. The van der Waals surface area contributed by atoms with E-state index in [4.69, 9.17) is 4.42 Å². The van der Waals surface area contributed by atoms with Gasteiger partial charge in [-0.25, -0.2) is 9.98 Å². The number of furan rings is 1. The van der Waals surface area contributed by atoms with Crippen LogP contribution in [0.3, 0.4) is 0 Å². The Hall–Kier alpha value is -1.09. The van der Waals surface area contributed by atoms with Crippen molar-refractivity contribution in [2.45, 2.75) is 26.8 Å². The number of thiazole rings is 1. The van der Waals surface area contributed by atoms with E-state index in [2.05, 4.69) is 26.0 Å². The van der Waals surface area contributed by atoms with E-state index in [0.717, 1.165) is 41.9 Å². The van der Waals surface area contributed by atoms with Gasteiger partial charge in [0.05, 0.1) is 17.0 Å². The van der Waals surface area contributed by atoms with Gasteiger partial charge in [0.1, 0.15) is 12.3 Å². The van der Waals surface area contributed by atoms with Crippen molar-refractivity contribution in [3.05, 3.63) is 40.2 Å². The lowest BCUT2D eigenvalue weighted by Gasteiger charge is -2.10. The van der Waals surface area contributed by atoms with Gasteiger partial charge in [0, 0.05) is 24.9 Å². The molecule has 0 spiro atoms. The molecule has 0 atom stereocenters. The molecule has 21 heavy (non-hydrogen) atoms. The molecule has 5 nitrogen and oxygen atoms in total. The molecule has 0 aliphatic heterocycles. The number of rotatable bonds is 6. The number of nitrogens with one attached hydrogen (secondary N) is 2. The number of aliphatic imine (C=N–C) groups is 1. The Morgan fingerprint density at radius 1 is 1.43 bits per heavy atom. The molecule has 0 aliphatic rings. The third-order valence-corrected chi connectivity index (χ3v) is 3.48. The van der Waals surface area contributed by atoms with Crippen LogP contribution in [-0.4, -0.2) is 24.0 Å². The van der Waals surface area contributed by atoms with Crippen LogP contribution in [0.4, 0.5) is 0 Å². The van der Waals surface area contributed by atoms with Gasteiger partial charge in [-0.1, -0.05) is 0 Å². The number of nitrogens with zero attached hydrogens (tertiary/aromatic N) is 2. The van der Waals surface area contributed by atoms with Crippen LogP contribution in [0.15, 0.2) is 33.2 Å². The van der Waals surface area contributed by atoms with Gasteiger partial charge in [-0.3, -0.25) is 0 Å². The van der Waals surface area contributed by atoms with E-state index in [1.54, 1.807) is 17.6 Å². The summed E-state index contributed by atoms with van der Waals surface area (Å²) in [5.74, 6) is 1.66. The Labute approximate surface area is 146 Å². The molecule has 0 unspecified atom stereocenters. The van der Waals surface area contributed by atoms with Crippen molar-refractivity contribution in [1.82, 2.24) is 15.6 Å². The van der Waals surface area contributed by atoms with Crippen LogP contribution < -0.4 is 10.6 Å². The molecule has 0 amide bonds. The van der Waals surface area contributed by atoms with E-state index in [0.29, 0.717) is 6.54 Å². The van der Waals surface area contributed by atoms with Crippen LogP contribution in [0.2, 0.25) is 0 Å². The molecule has 0 aromatic carbocycles. The van der Waals surface area contributed by atoms with Crippen molar-refractivity contribution in [3.8, 4) is 0 Å². The molecule has 0 radical (unpaired) electrons.